The van der Waals surface area contributed by atoms with E-state index in [1.54, 1.807) is 7.11 Å². The third kappa shape index (κ3) is 4.45. The van der Waals surface area contributed by atoms with Crippen molar-refractivity contribution in [3.63, 3.8) is 0 Å². The fourth-order valence-electron chi connectivity index (χ4n) is 3.33. The Hall–Kier alpha value is -1.20. The van der Waals surface area contributed by atoms with E-state index in [0.717, 1.165) is 44.8 Å². The van der Waals surface area contributed by atoms with Gasteiger partial charge in [0.25, 0.3) is 0 Å². The smallest absolute Gasteiger partial charge is 0.119 e. The lowest BCUT2D eigenvalue weighted by molar-refractivity contribution is 0.167. The highest BCUT2D eigenvalue weighted by Crippen LogP contribution is 2.33. The quantitative estimate of drug-likeness (QED) is 0.755. The summed E-state index contributed by atoms with van der Waals surface area (Å²) in [5.41, 5.74) is 2.55. The maximum Gasteiger partial charge on any atom is 0.119 e. The molecule has 1 fully saturated rings. The minimum absolute atomic E-state index is 0. The van der Waals surface area contributed by atoms with Gasteiger partial charge in [-0.15, -0.1) is 31.4 Å². The highest BCUT2D eigenvalue weighted by molar-refractivity contribution is 5.86. The third-order valence-electron chi connectivity index (χ3n) is 4.52. The van der Waals surface area contributed by atoms with Gasteiger partial charge >= 0.3 is 0 Å². The highest BCUT2D eigenvalue weighted by Gasteiger charge is 2.24. The largest absolute Gasteiger partial charge is 0.497 e. The Morgan fingerprint density at radius 2 is 2.04 bits per heavy atom. The van der Waals surface area contributed by atoms with Gasteiger partial charge in [-0.2, -0.15) is 0 Å². The molecule has 2 aromatic rings. The molecule has 2 N–H and O–H groups in total. The van der Waals surface area contributed by atoms with Gasteiger partial charge in [0.1, 0.15) is 5.75 Å². The average Bonchev–Trinajstić information content (AvgIpc) is 2.99. The number of fused-ring (bicyclic) bond motifs is 1. The van der Waals surface area contributed by atoms with Gasteiger partial charge in [0.2, 0.25) is 0 Å². The molecule has 1 atom stereocenters. The second-order valence-corrected chi connectivity index (χ2v) is 5.82. The van der Waals surface area contributed by atoms with E-state index < -0.39 is 0 Å². The molecule has 1 aromatic heterocycles. The second-order valence-electron chi connectivity index (χ2n) is 5.82. The lowest BCUT2D eigenvalue weighted by atomic mass is 9.98. The van der Waals surface area contributed by atoms with Crippen molar-refractivity contribution in [1.82, 2.24) is 15.2 Å². The summed E-state index contributed by atoms with van der Waals surface area (Å²) < 4.78 is 5.40. The molecule has 3 rings (SSSR count). The van der Waals surface area contributed by atoms with Crippen LogP contribution in [0.2, 0.25) is 0 Å². The first-order valence-corrected chi connectivity index (χ1v) is 8.04. The molecule has 0 bridgehead atoms. The molecule has 0 amide bonds. The van der Waals surface area contributed by atoms with Crippen molar-refractivity contribution in [2.45, 2.75) is 18.9 Å². The van der Waals surface area contributed by atoms with Crippen molar-refractivity contribution in [2.24, 2.45) is 0 Å². The minimum atomic E-state index is 0. The number of aromatic amines is 1. The normalized spacial score (nSPS) is 16.0. The molecule has 0 aliphatic carbocycles. The van der Waals surface area contributed by atoms with Crippen LogP contribution < -0.4 is 10.1 Å². The van der Waals surface area contributed by atoms with Crippen LogP contribution in [0.4, 0.5) is 0 Å². The summed E-state index contributed by atoms with van der Waals surface area (Å²) >= 11 is 0. The van der Waals surface area contributed by atoms with Gasteiger partial charge in [0, 0.05) is 49.3 Å². The van der Waals surface area contributed by atoms with Crippen LogP contribution in [0.25, 0.3) is 10.9 Å². The second kappa shape index (κ2) is 9.94. The predicted molar refractivity (Wildman–Crippen MR) is 106 cm³/mol. The van der Waals surface area contributed by atoms with Gasteiger partial charge in [0.15, 0.2) is 0 Å². The molecule has 1 aliphatic heterocycles. The Balaban J connectivity index is 0.00000144. The summed E-state index contributed by atoms with van der Waals surface area (Å²) in [5.74, 6) is 0.913. The van der Waals surface area contributed by atoms with Crippen LogP contribution >= 0.6 is 24.8 Å². The first-order chi connectivity index (χ1) is 10.8. The summed E-state index contributed by atoms with van der Waals surface area (Å²) in [6.07, 6.45) is 6.32. The molecule has 0 saturated carbocycles. The molecule has 1 saturated heterocycles. The number of benzene rings is 1. The molecule has 1 aromatic carbocycles. The number of hydrogen-bond acceptors (Lipinski definition) is 3. The van der Waals surface area contributed by atoms with E-state index in [2.05, 4.69) is 40.1 Å². The lowest BCUT2D eigenvalue weighted by Gasteiger charge is -2.35. The zero-order valence-electron chi connectivity index (χ0n) is 14.1. The zero-order chi connectivity index (χ0) is 15.4. The Labute approximate surface area is 156 Å². The number of methoxy groups -OCH3 is 1. The number of nitrogens with zero attached hydrogens (tertiary/aromatic N) is 1. The molecule has 1 aliphatic rings. The number of rotatable bonds is 6. The molecule has 134 valence electrons. The number of piperazine rings is 1. The molecule has 0 unspecified atom stereocenters. The predicted octanol–water partition coefficient (Wildman–Crippen LogP) is 3.93. The maximum absolute atomic E-state index is 5.40. The van der Waals surface area contributed by atoms with Gasteiger partial charge in [0.05, 0.1) is 7.11 Å². The van der Waals surface area contributed by atoms with Gasteiger partial charge in [-0.3, -0.25) is 4.90 Å². The van der Waals surface area contributed by atoms with Gasteiger partial charge in [-0.25, -0.2) is 0 Å². The van der Waals surface area contributed by atoms with Crippen molar-refractivity contribution in [2.75, 3.05) is 33.3 Å². The van der Waals surface area contributed by atoms with Gasteiger partial charge < -0.3 is 15.0 Å². The van der Waals surface area contributed by atoms with Crippen LogP contribution in [-0.2, 0) is 0 Å². The van der Waals surface area contributed by atoms with E-state index in [1.807, 2.05) is 12.1 Å². The lowest BCUT2D eigenvalue weighted by Crippen LogP contribution is -2.45. The number of hydrogen-bond donors (Lipinski definition) is 2. The van der Waals surface area contributed by atoms with E-state index in [9.17, 15) is 0 Å². The van der Waals surface area contributed by atoms with Crippen molar-refractivity contribution in [3.05, 3.63) is 42.6 Å². The fourth-order valence-corrected chi connectivity index (χ4v) is 3.33. The van der Waals surface area contributed by atoms with Crippen LogP contribution in [0.1, 0.15) is 24.4 Å². The zero-order valence-corrected chi connectivity index (χ0v) is 15.7. The van der Waals surface area contributed by atoms with E-state index in [-0.39, 0.29) is 24.8 Å². The Bertz CT molecular complexity index is 638. The Kier molecular flexibility index (Phi) is 8.63. The molecule has 6 heteroatoms. The van der Waals surface area contributed by atoms with E-state index in [0.29, 0.717) is 6.04 Å². The maximum atomic E-state index is 5.40. The number of aromatic nitrogens is 1. The van der Waals surface area contributed by atoms with E-state index >= 15 is 0 Å². The molecular formula is C18H27Cl2N3O. The van der Waals surface area contributed by atoms with Crippen molar-refractivity contribution >= 4 is 35.7 Å². The van der Waals surface area contributed by atoms with Crippen LogP contribution in [0.15, 0.2) is 37.1 Å². The van der Waals surface area contributed by atoms with Crippen molar-refractivity contribution < 1.29 is 4.74 Å². The van der Waals surface area contributed by atoms with Crippen LogP contribution in [0.5, 0.6) is 5.75 Å². The topological polar surface area (TPSA) is 40.3 Å². The van der Waals surface area contributed by atoms with Gasteiger partial charge in [-0.05, 0) is 36.6 Å². The van der Waals surface area contributed by atoms with Crippen LogP contribution in [-0.4, -0.2) is 43.2 Å². The highest BCUT2D eigenvalue weighted by atomic mass is 35.5. The molecule has 2 heterocycles. The molecular weight excluding hydrogens is 345 g/mol. The third-order valence-corrected chi connectivity index (χ3v) is 4.52. The van der Waals surface area contributed by atoms with E-state index in [1.165, 1.54) is 16.5 Å². The number of H-pyrrole nitrogens is 1. The summed E-state index contributed by atoms with van der Waals surface area (Å²) in [6, 6.07) is 6.68. The van der Waals surface area contributed by atoms with Crippen LogP contribution in [0.3, 0.4) is 0 Å². The molecule has 0 spiro atoms. The number of halogens is 2. The monoisotopic (exact) mass is 371 g/mol. The summed E-state index contributed by atoms with van der Waals surface area (Å²) in [4.78, 5) is 6.00. The van der Waals surface area contributed by atoms with Crippen molar-refractivity contribution in [1.29, 1.82) is 0 Å². The SMILES string of the molecule is C=CCC[C@@H](c1c[nH]c2ccc(OC)cc12)N1CCNCC1.Cl.Cl. The average molecular weight is 372 g/mol. The molecule has 4 nitrogen and oxygen atoms in total. The van der Waals surface area contributed by atoms with Crippen molar-refractivity contribution in [3.8, 4) is 5.75 Å². The number of allylic oxidation sites excluding steroid dienone is 1. The fraction of sp³-hybridized carbons (Fsp3) is 0.444. The first kappa shape index (κ1) is 20.8. The first-order valence-electron chi connectivity index (χ1n) is 8.04. The van der Waals surface area contributed by atoms with Crippen LogP contribution in [0, 0.1) is 0 Å². The van der Waals surface area contributed by atoms with E-state index in [4.69, 9.17) is 4.74 Å². The molecule has 24 heavy (non-hydrogen) atoms. The summed E-state index contributed by atoms with van der Waals surface area (Å²) in [6.45, 7) is 8.21. The van der Waals surface area contributed by atoms with Gasteiger partial charge in [-0.1, -0.05) is 6.08 Å². The standard InChI is InChI=1S/C18H25N3O.2ClH/c1-3-4-5-18(21-10-8-19-9-11-21)16-13-20-17-7-6-14(22-2)12-15(16)17;;/h3,6-7,12-13,18-20H,1,4-5,8-11H2,2H3;2*1H/t18-;;/m0../s1. The number of ether oxygens (including phenoxy) is 1. The number of nitrogens with one attached hydrogen (secondary N) is 2. The Morgan fingerprint density at radius 1 is 1.29 bits per heavy atom. The Morgan fingerprint density at radius 3 is 2.71 bits per heavy atom. The summed E-state index contributed by atoms with van der Waals surface area (Å²) in [5, 5.41) is 4.71. The molecule has 0 radical (unpaired) electrons. The minimum Gasteiger partial charge on any atom is -0.497 e. The summed E-state index contributed by atoms with van der Waals surface area (Å²) in [7, 11) is 1.72.